The van der Waals surface area contributed by atoms with E-state index >= 15 is 0 Å². The molecule has 0 fully saturated rings. The minimum absolute atomic E-state index is 0.0643. The maximum absolute atomic E-state index is 6.25. The maximum atomic E-state index is 6.25. The molecule has 0 amide bonds. The lowest BCUT2D eigenvalue weighted by atomic mass is 9.84. The first-order chi connectivity index (χ1) is 11.4. The van der Waals surface area contributed by atoms with Crippen LogP contribution < -0.4 is 4.74 Å². The Bertz CT molecular complexity index is 572. The lowest BCUT2D eigenvalue weighted by molar-refractivity contribution is 0.0773. The van der Waals surface area contributed by atoms with Gasteiger partial charge in [0.2, 0.25) is 0 Å². The molecule has 3 nitrogen and oxygen atoms in total. The molecule has 0 aliphatic carbocycles. The SMILES string of the molecule is COc1cccc(C(OC(C)C)=C(COCC(C)(C)C)C(C)(C)C)c1. The van der Waals surface area contributed by atoms with Gasteiger partial charge in [0.1, 0.15) is 11.5 Å². The summed E-state index contributed by atoms with van der Waals surface area (Å²) in [5, 5.41) is 0. The van der Waals surface area contributed by atoms with Gasteiger partial charge in [0.25, 0.3) is 0 Å². The average molecular weight is 349 g/mol. The van der Waals surface area contributed by atoms with Gasteiger partial charge >= 0.3 is 0 Å². The second-order valence-corrected chi connectivity index (χ2v) is 9.01. The van der Waals surface area contributed by atoms with Gasteiger partial charge in [0.05, 0.1) is 26.4 Å². The summed E-state index contributed by atoms with van der Waals surface area (Å²) >= 11 is 0. The molecule has 0 atom stereocenters. The number of benzene rings is 1. The van der Waals surface area contributed by atoms with Crippen molar-refractivity contribution in [3.8, 4) is 5.75 Å². The maximum Gasteiger partial charge on any atom is 0.129 e. The van der Waals surface area contributed by atoms with Crippen LogP contribution in [-0.2, 0) is 9.47 Å². The van der Waals surface area contributed by atoms with Gasteiger partial charge in [0, 0.05) is 11.1 Å². The summed E-state index contributed by atoms with van der Waals surface area (Å²) in [4.78, 5) is 0. The van der Waals surface area contributed by atoms with Crippen LogP contribution >= 0.6 is 0 Å². The highest BCUT2D eigenvalue weighted by Crippen LogP contribution is 2.35. The van der Waals surface area contributed by atoms with E-state index in [9.17, 15) is 0 Å². The van der Waals surface area contributed by atoms with E-state index < -0.39 is 0 Å². The van der Waals surface area contributed by atoms with E-state index in [4.69, 9.17) is 14.2 Å². The smallest absolute Gasteiger partial charge is 0.129 e. The minimum Gasteiger partial charge on any atom is -0.497 e. The van der Waals surface area contributed by atoms with Crippen molar-refractivity contribution < 1.29 is 14.2 Å². The van der Waals surface area contributed by atoms with E-state index in [2.05, 4.69) is 61.5 Å². The van der Waals surface area contributed by atoms with Crippen LogP contribution in [0.4, 0.5) is 0 Å². The largest absolute Gasteiger partial charge is 0.497 e. The Kier molecular flexibility index (Phi) is 7.55. The zero-order valence-electron chi connectivity index (χ0n) is 17.5. The molecule has 0 aliphatic heterocycles. The summed E-state index contributed by atoms with van der Waals surface area (Å²) in [6.07, 6.45) is 0.0844. The van der Waals surface area contributed by atoms with Gasteiger partial charge in [-0.2, -0.15) is 0 Å². The van der Waals surface area contributed by atoms with E-state index in [1.165, 1.54) is 5.57 Å². The molecule has 1 aromatic rings. The first-order valence-corrected chi connectivity index (χ1v) is 9.06. The molecule has 0 aliphatic rings. The molecule has 142 valence electrons. The van der Waals surface area contributed by atoms with Gasteiger partial charge in [-0.3, -0.25) is 0 Å². The van der Waals surface area contributed by atoms with Gasteiger partial charge in [-0.05, 0) is 36.8 Å². The molecular formula is C22H36O3. The normalized spacial score (nSPS) is 13.7. The molecular weight excluding hydrogens is 312 g/mol. The zero-order valence-corrected chi connectivity index (χ0v) is 17.5. The molecule has 0 spiro atoms. The fourth-order valence-corrected chi connectivity index (χ4v) is 2.40. The summed E-state index contributed by atoms with van der Waals surface area (Å²) in [6, 6.07) is 8.03. The Labute approximate surface area is 154 Å². The van der Waals surface area contributed by atoms with Crippen molar-refractivity contribution in [3.05, 3.63) is 35.4 Å². The van der Waals surface area contributed by atoms with Crippen LogP contribution in [0.2, 0.25) is 0 Å². The topological polar surface area (TPSA) is 27.7 Å². The van der Waals surface area contributed by atoms with Crippen LogP contribution in [0.1, 0.15) is 61.0 Å². The fraction of sp³-hybridized carbons (Fsp3) is 0.636. The van der Waals surface area contributed by atoms with E-state index in [-0.39, 0.29) is 16.9 Å². The molecule has 3 heteroatoms. The predicted octanol–water partition coefficient (Wildman–Crippen LogP) is 5.94. The van der Waals surface area contributed by atoms with Crippen molar-refractivity contribution in [2.75, 3.05) is 20.3 Å². The van der Waals surface area contributed by atoms with E-state index in [1.807, 2.05) is 18.2 Å². The first-order valence-electron chi connectivity index (χ1n) is 9.06. The molecule has 0 bridgehead atoms. The van der Waals surface area contributed by atoms with Crippen LogP contribution in [0.15, 0.2) is 29.8 Å². The second-order valence-electron chi connectivity index (χ2n) is 9.01. The standard InChI is InChI=1S/C22H36O3/c1-16(2)25-20(17-11-10-12-18(13-17)23-9)19(22(6,7)8)14-24-15-21(3,4)5/h10-13,16H,14-15H2,1-9H3. The molecule has 0 N–H and O–H groups in total. The summed E-state index contributed by atoms with van der Waals surface area (Å²) in [6.45, 7) is 18.5. The van der Waals surface area contributed by atoms with Crippen molar-refractivity contribution in [3.63, 3.8) is 0 Å². The number of ether oxygens (including phenoxy) is 3. The average Bonchev–Trinajstić information content (AvgIpc) is 2.47. The lowest BCUT2D eigenvalue weighted by Crippen LogP contribution is -2.22. The third kappa shape index (κ3) is 7.52. The second kappa shape index (κ2) is 8.75. The molecule has 0 heterocycles. The van der Waals surface area contributed by atoms with Crippen LogP contribution in [0.3, 0.4) is 0 Å². The van der Waals surface area contributed by atoms with Crippen molar-refractivity contribution in [1.82, 2.24) is 0 Å². The van der Waals surface area contributed by atoms with Gasteiger partial charge < -0.3 is 14.2 Å². The number of hydrogen-bond donors (Lipinski definition) is 0. The molecule has 1 rings (SSSR count). The molecule has 1 aromatic carbocycles. The van der Waals surface area contributed by atoms with Gasteiger partial charge in [-0.25, -0.2) is 0 Å². The molecule has 0 saturated carbocycles. The fourth-order valence-electron chi connectivity index (χ4n) is 2.40. The summed E-state index contributed by atoms with van der Waals surface area (Å²) in [5.41, 5.74) is 2.26. The zero-order chi connectivity index (χ0) is 19.3. The first kappa shape index (κ1) is 21.6. The summed E-state index contributed by atoms with van der Waals surface area (Å²) < 4.78 is 17.7. The van der Waals surface area contributed by atoms with Gasteiger partial charge in [-0.15, -0.1) is 0 Å². The Morgan fingerprint density at radius 1 is 1.04 bits per heavy atom. The highest BCUT2D eigenvalue weighted by molar-refractivity contribution is 5.66. The molecule has 25 heavy (non-hydrogen) atoms. The molecule has 0 unspecified atom stereocenters. The van der Waals surface area contributed by atoms with E-state index in [1.54, 1.807) is 7.11 Å². The number of methoxy groups -OCH3 is 1. The Morgan fingerprint density at radius 3 is 2.16 bits per heavy atom. The van der Waals surface area contributed by atoms with Crippen LogP contribution in [0.5, 0.6) is 5.75 Å². The molecule has 0 aromatic heterocycles. The van der Waals surface area contributed by atoms with Crippen molar-refractivity contribution >= 4 is 5.76 Å². The third-order valence-electron chi connectivity index (χ3n) is 3.65. The van der Waals surface area contributed by atoms with Crippen molar-refractivity contribution in [2.45, 2.75) is 61.5 Å². The van der Waals surface area contributed by atoms with Gasteiger partial charge in [-0.1, -0.05) is 53.7 Å². The Balaban J connectivity index is 3.32. The summed E-state index contributed by atoms with van der Waals surface area (Å²) in [7, 11) is 1.68. The number of hydrogen-bond acceptors (Lipinski definition) is 3. The summed E-state index contributed by atoms with van der Waals surface area (Å²) in [5.74, 6) is 1.72. The lowest BCUT2D eigenvalue weighted by Gasteiger charge is -2.29. The Morgan fingerprint density at radius 2 is 1.68 bits per heavy atom. The van der Waals surface area contributed by atoms with Crippen molar-refractivity contribution in [2.24, 2.45) is 10.8 Å². The minimum atomic E-state index is -0.0643. The molecule has 0 saturated heterocycles. The molecule has 0 radical (unpaired) electrons. The van der Waals surface area contributed by atoms with Crippen LogP contribution in [0, 0.1) is 10.8 Å². The quantitative estimate of drug-likeness (QED) is 0.571. The third-order valence-corrected chi connectivity index (χ3v) is 3.65. The highest BCUT2D eigenvalue weighted by Gasteiger charge is 2.25. The van der Waals surface area contributed by atoms with Crippen LogP contribution in [0.25, 0.3) is 5.76 Å². The number of rotatable bonds is 7. The monoisotopic (exact) mass is 348 g/mol. The van der Waals surface area contributed by atoms with E-state index in [0.29, 0.717) is 13.2 Å². The predicted molar refractivity (Wildman–Crippen MR) is 106 cm³/mol. The van der Waals surface area contributed by atoms with Gasteiger partial charge in [0.15, 0.2) is 0 Å². The van der Waals surface area contributed by atoms with Crippen molar-refractivity contribution in [1.29, 1.82) is 0 Å². The van der Waals surface area contributed by atoms with E-state index in [0.717, 1.165) is 17.1 Å². The Hall–Kier alpha value is -1.48. The highest BCUT2D eigenvalue weighted by atomic mass is 16.5. The van der Waals surface area contributed by atoms with Crippen LogP contribution in [-0.4, -0.2) is 26.4 Å².